The van der Waals surface area contributed by atoms with Crippen molar-refractivity contribution in [2.45, 2.75) is 6.92 Å². The normalized spacial score (nSPS) is 10.1. The zero-order valence-electron chi connectivity index (χ0n) is 6.78. The lowest BCUT2D eigenvalue weighted by atomic mass is 10.3. The number of hydrogen-bond acceptors (Lipinski definition) is 2. The summed E-state index contributed by atoms with van der Waals surface area (Å²) in [4.78, 5) is 11.3. The minimum absolute atomic E-state index is 0.741. The number of aryl methyl sites for hydroxylation is 1. The molecule has 0 aliphatic rings. The lowest BCUT2D eigenvalue weighted by molar-refractivity contribution is 1.15. The number of hydrogen-bond donors (Lipinski definition) is 1. The standard InChI is InChI=1S/C9H9N3/c1-7-5-8(12-6-7)9-10-3-2-4-11-9/h2-6,12H,1H3. The minimum atomic E-state index is 0.741. The van der Waals surface area contributed by atoms with Crippen molar-refractivity contribution >= 4 is 0 Å². The average molecular weight is 159 g/mol. The monoisotopic (exact) mass is 159 g/mol. The molecule has 0 amide bonds. The molecule has 12 heavy (non-hydrogen) atoms. The molecule has 0 saturated carbocycles. The summed E-state index contributed by atoms with van der Waals surface area (Å²) in [5.41, 5.74) is 2.16. The molecular weight excluding hydrogens is 150 g/mol. The van der Waals surface area contributed by atoms with Gasteiger partial charge in [0.1, 0.15) is 0 Å². The van der Waals surface area contributed by atoms with E-state index in [0.717, 1.165) is 11.5 Å². The van der Waals surface area contributed by atoms with Crippen LogP contribution >= 0.6 is 0 Å². The second-order valence-corrected chi connectivity index (χ2v) is 2.66. The average Bonchev–Trinajstić information content (AvgIpc) is 2.54. The van der Waals surface area contributed by atoms with Crippen LogP contribution in [0.1, 0.15) is 5.56 Å². The minimum Gasteiger partial charge on any atom is -0.358 e. The molecule has 60 valence electrons. The van der Waals surface area contributed by atoms with E-state index in [1.165, 1.54) is 5.56 Å². The molecular formula is C9H9N3. The van der Waals surface area contributed by atoms with Crippen molar-refractivity contribution in [3.05, 3.63) is 36.3 Å². The van der Waals surface area contributed by atoms with Crippen LogP contribution in [0.15, 0.2) is 30.7 Å². The van der Waals surface area contributed by atoms with Crippen molar-refractivity contribution in [2.24, 2.45) is 0 Å². The van der Waals surface area contributed by atoms with Gasteiger partial charge in [0.15, 0.2) is 5.82 Å². The van der Waals surface area contributed by atoms with Gasteiger partial charge in [-0.25, -0.2) is 9.97 Å². The first-order valence-electron chi connectivity index (χ1n) is 3.78. The van der Waals surface area contributed by atoms with Gasteiger partial charge in [-0.2, -0.15) is 0 Å². The molecule has 0 fully saturated rings. The van der Waals surface area contributed by atoms with Crippen molar-refractivity contribution in [1.29, 1.82) is 0 Å². The van der Waals surface area contributed by atoms with Crippen LogP contribution in [-0.2, 0) is 0 Å². The lowest BCUT2D eigenvalue weighted by Crippen LogP contribution is -1.85. The molecule has 2 heterocycles. The third-order valence-corrected chi connectivity index (χ3v) is 1.63. The molecule has 0 saturated heterocycles. The highest BCUT2D eigenvalue weighted by atomic mass is 14.9. The van der Waals surface area contributed by atoms with Gasteiger partial charge in [-0.15, -0.1) is 0 Å². The van der Waals surface area contributed by atoms with Crippen LogP contribution in [0.5, 0.6) is 0 Å². The largest absolute Gasteiger partial charge is 0.358 e. The van der Waals surface area contributed by atoms with Gasteiger partial charge in [0.2, 0.25) is 0 Å². The number of rotatable bonds is 1. The maximum Gasteiger partial charge on any atom is 0.175 e. The Morgan fingerprint density at radius 1 is 1.25 bits per heavy atom. The molecule has 0 bridgehead atoms. The summed E-state index contributed by atoms with van der Waals surface area (Å²) in [5.74, 6) is 0.741. The Morgan fingerprint density at radius 2 is 2.00 bits per heavy atom. The smallest absolute Gasteiger partial charge is 0.175 e. The van der Waals surface area contributed by atoms with Gasteiger partial charge >= 0.3 is 0 Å². The molecule has 3 heteroatoms. The first-order valence-corrected chi connectivity index (χ1v) is 3.78. The first kappa shape index (κ1) is 7.03. The summed E-state index contributed by atoms with van der Waals surface area (Å²) in [6, 6.07) is 3.83. The van der Waals surface area contributed by atoms with Crippen LogP contribution in [0, 0.1) is 6.92 Å². The zero-order chi connectivity index (χ0) is 8.39. The molecule has 0 radical (unpaired) electrons. The summed E-state index contributed by atoms with van der Waals surface area (Å²) in [6.07, 6.45) is 5.41. The van der Waals surface area contributed by atoms with Gasteiger partial charge in [0, 0.05) is 18.6 Å². The van der Waals surface area contributed by atoms with Crippen LogP contribution in [0.2, 0.25) is 0 Å². The Bertz CT molecular complexity index is 364. The van der Waals surface area contributed by atoms with Crippen LogP contribution in [0.4, 0.5) is 0 Å². The molecule has 2 aromatic rings. The van der Waals surface area contributed by atoms with Crippen LogP contribution in [0.3, 0.4) is 0 Å². The number of nitrogens with one attached hydrogen (secondary N) is 1. The molecule has 3 nitrogen and oxygen atoms in total. The summed E-state index contributed by atoms with van der Waals surface area (Å²) < 4.78 is 0. The Kier molecular flexibility index (Phi) is 1.63. The second-order valence-electron chi connectivity index (χ2n) is 2.66. The van der Waals surface area contributed by atoms with E-state index < -0.39 is 0 Å². The highest BCUT2D eigenvalue weighted by Gasteiger charge is 1.99. The van der Waals surface area contributed by atoms with E-state index in [2.05, 4.69) is 15.0 Å². The quantitative estimate of drug-likeness (QED) is 0.689. The Balaban J connectivity index is 2.45. The second kappa shape index (κ2) is 2.77. The van der Waals surface area contributed by atoms with Gasteiger partial charge in [-0.3, -0.25) is 0 Å². The van der Waals surface area contributed by atoms with E-state index in [-0.39, 0.29) is 0 Å². The molecule has 0 aromatic carbocycles. The summed E-state index contributed by atoms with van der Waals surface area (Å²) in [6.45, 7) is 2.03. The fourth-order valence-electron chi connectivity index (χ4n) is 1.07. The molecule has 0 unspecified atom stereocenters. The SMILES string of the molecule is Cc1c[nH]c(-c2ncccn2)c1. The van der Waals surface area contributed by atoms with E-state index in [0.29, 0.717) is 0 Å². The molecule has 0 atom stereocenters. The van der Waals surface area contributed by atoms with Crippen LogP contribution < -0.4 is 0 Å². The van der Waals surface area contributed by atoms with E-state index in [9.17, 15) is 0 Å². The number of aromatic nitrogens is 3. The Labute approximate surface area is 70.5 Å². The molecule has 2 rings (SSSR count). The maximum absolute atomic E-state index is 4.12. The van der Waals surface area contributed by atoms with Crippen LogP contribution in [-0.4, -0.2) is 15.0 Å². The Hall–Kier alpha value is -1.64. The fraction of sp³-hybridized carbons (Fsp3) is 0.111. The molecule has 0 aliphatic carbocycles. The number of aromatic amines is 1. The summed E-state index contributed by atoms with van der Waals surface area (Å²) in [5, 5.41) is 0. The van der Waals surface area contributed by atoms with Crippen molar-refractivity contribution in [3.8, 4) is 11.5 Å². The summed E-state index contributed by atoms with van der Waals surface area (Å²) >= 11 is 0. The van der Waals surface area contributed by atoms with Gasteiger partial charge in [-0.05, 0) is 24.6 Å². The van der Waals surface area contributed by atoms with E-state index in [4.69, 9.17) is 0 Å². The predicted molar refractivity (Wildman–Crippen MR) is 46.6 cm³/mol. The Morgan fingerprint density at radius 3 is 2.58 bits per heavy atom. The topological polar surface area (TPSA) is 41.6 Å². The van der Waals surface area contributed by atoms with Crippen molar-refractivity contribution in [2.75, 3.05) is 0 Å². The van der Waals surface area contributed by atoms with Crippen molar-refractivity contribution in [1.82, 2.24) is 15.0 Å². The third-order valence-electron chi connectivity index (χ3n) is 1.63. The zero-order valence-corrected chi connectivity index (χ0v) is 6.78. The fourth-order valence-corrected chi connectivity index (χ4v) is 1.07. The van der Waals surface area contributed by atoms with Gasteiger partial charge in [0.25, 0.3) is 0 Å². The van der Waals surface area contributed by atoms with E-state index >= 15 is 0 Å². The number of nitrogens with zero attached hydrogens (tertiary/aromatic N) is 2. The third kappa shape index (κ3) is 1.21. The van der Waals surface area contributed by atoms with E-state index in [1.54, 1.807) is 18.5 Å². The van der Waals surface area contributed by atoms with Crippen LogP contribution in [0.25, 0.3) is 11.5 Å². The highest BCUT2D eigenvalue weighted by molar-refractivity contribution is 5.50. The van der Waals surface area contributed by atoms with Crippen molar-refractivity contribution in [3.63, 3.8) is 0 Å². The molecule has 0 aliphatic heterocycles. The molecule has 0 spiro atoms. The van der Waals surface area contributed by atoms with Gasteiger partial charge in [0.05, 0.1) is 5.69 Å². The van der Waals surface area contributed by atoms with Gasteiger partial charge < -0.3 is 4.98 Å². The molecule has 2 aromatic heterocycles. The highest BCUT2D eigenvalue weighted by Crippen LogP contribution is 2.12. The lowest BCUT2D eigenvalue weighted by Gasteiger charge is -1.92. The van der Waals surface area contributed by atoms with Crippen molar-refractivity contribution < 1.29 is 0 Å². The first-order chi connectivity index (χ1) is 5.86. The number of H-pyrrole nitrogens is 1. The predicted octanol–water partition coefficient (Wildman–Crippen LogP) is 1.78. The van der Waals surface area contributed by atoms with E-state index in [1.807, 2.05) is 19.2 Å². The van der Waals surface area contributed by atoms with Gasteiger partial charge in [-0.1, -0.05) is 0 Å². The summed E-state index contributed by atoms with van der Waals surface area (Å²) in [7, 11) is 0. The maximum atomic E-state index is 4.12. The molecule has 1 N–H and O–H groups in total.